The molecule has 106 valence electrons. The number of thioether (sulfide) groups is 1. The molecule has 3 heteroatoms. The summed E-state index contributed by atoms with van der Waals surface area (Å²) in [4.78, 5) is 1.30. The summed E-state index contributed by atoms with van der Waals surface area (Å²) < 4.78 is 0. The zero-order chi connectivity index (χ0) is 14.5. The van der Waals surface area contributed by atoms with Crippen LogP contribution >= 0.6 is 11.8 Å². The molecule has 1 fully saturated rings. The minimum Gasteiger partial charge on any atom is -0.310 e. The maximum atomic E-state index is 8.80. The Hall–Kier alpha value is -1.76. The van der Waals surface area contributed by atoms with E-state index in [9.17, 15) is 0 Å². The molecule has 0 aromatic heterocycles. The molecular formula is C18H18N2S. The van der Waals surface area contributed by atoms with Gasteiger partial charge in [-0.05, 0) is 48.2 Å². The van der Waals surface area contributed by atoms with E-state index in [2.05, 4.69) is 35.7 Å². The van der Waals surface area contributed by atoms with E-state index < -0.39 is 0 Å². The Labute approximate surface area is 130 Å². The maximum Gasteiger partial charge on any atom is 0.0991 e. The summed E-state index contributed by atoms with van der Waals surface area (Å²) in [6, 6.07) is 19.5. The third kappa shape index (κ3) is 4.35. The summed E-state index contributed by atoms with van der Waals surface area (Å²) in [6.45, 7) is 0.968. The average Bonchev–Trinajstić information content (AvgIpc) is 3.36. The predicted molar refractivity (Wildman–Crippen MR) is 87.0 cm³/mol. The first-order valence-corrected chi connectivity index (χ1v) is 8.26. The van der Waals surface area contributed by atoms with Gasteiger partial charge in [0.2, 0.25) is 0 Å². The van der Waals surface area contributed by atoms with Crippen LogP contribution in [-0.4, -0.2) is 6.04 Å². The lowest BCUT2D eigenvalue weighted by molar-refractivity contribution is 0.687. The zero-order valence-electron chi connectivity index (χ0n) is 11.9. The van der Waals surface area contributed by atoms with Crippen molar-refractivity contribution < 1.29 is 0 Å². The van der Waals surface area contributed by atoms with Crippen LogP contribution in [0.2, 0.25) is 0 Å². The van der Waals surface area contributed by atoms with Crippen LogP contribution in [0.25, 0.3) is 0 Å². The lowest BCUT2D eigenvalue weighted by Gasteiger charge is -2.06. The molecule has 0 bridgehead atoms. The summed E-state index contributed by atoms with van der Waals surface area (Å²) in [7, 11) is 0. The van der Waals surface area contributed by atoms with Gasteiger partial charge in [0.1, 0.15) is 0 Å². The molecule has 0 atom stereocenters. The van der Waals surface area contributed by atoms with Gasteiger partial charge in [0.05, 0.1) is 11.6 Å². The number of nitriles is 1. The van der Waals surface area contributed by atoms with Gasteiger partial charge in [-0.15, -0.1) is 11.8 Å². The molecule has 0 aliphatic heterocycles. The molecule has 0 amide bonds. The molecule has 2 aromatic rings. The monoisotopic (exact) mass is 294 g/mol. The summed E-state index contributed by atoms with van der Waals surface area (Å²) in [5, 5.41) is 12.3. The van der Waals surface area contributed by atoms with Gasteiger partial charge in [0, 0.05) is 23.2 Å². The molecule has 2 aromatic carbocycles. The van der Waals surface area contributed by atoms with Gasteiger partial charge >= 0.3 is 0 Å². The van der Waals surface area contributed by atoms with Crippen molar-refractivity contribution >= 4 is 11.8 Å². The molecule has 1 N–H and O–H groups in total. The van der Waals surface area contributed by atoms with Gasteiger partial charge in [0.15, 0.2) is 0 Å². The topological polar surface area (TPSA) is 35.8 Å². The van der Waals surface area contributed by atoms with Gasteiger partial charge in [-0.2, -0.15) is 5.26 Å². The van der Waals surface area contributed by atoms with Crippen LogP contribution in [0.15, 0.2) is 53.4 Å². The van der Waals surface area contributed by atoms with Gasteiger partial charge in [-0.1, -0.05) is 24.3 Å². The van der Waals surface area contributed by atoms with Crippen LogP contribution in [0, 0.1) is 11.3 Å². The van der Waals surface area contributed by atoms with E-state index in [1.54, 1.807) is 0 Å². The van der Waals surface area contributed by atoms with Crippen LogP contribution in [0.1, 0.15) is 29.5 Å². The van der Waals surface area contributed by atoms with Gasteiger partial charge in [-0.25, -0.2) is 0 Å². The highest BCUT2D eigenvalue weighted by atomic mass is 32.2. The van der Waals surface area contributed by atoms with Gasteiger partial charge in [-0.3, -0.25) is 0 Å². The summed E-state index contributed by atoms with van der Waals surface area (Å²) in [5.41, 5.74) is 3.32. The Kier molecular flexibility index (Phi) is 4.59. The van der Waals surface area contributed by atoms with Gasteiger partial charge < -0.3 is 5.32 Å². The lowest BCUT2D eigenvalue weighted by Crippen LogP contribution is -2.15. The normalized spacial score (nSPS) is 13.9. The van der Waals surface area contributed by atoms with Crippen molar-refractivity contribution in [3.8, 4) is 6.07 Å². The minimum atomic E-state index is 0.719. The van der Waals surface area contributed by atoms with Crippen LogP contribution in [0.5, 0.6) is 0 Å². The number of benzene rings is 2. The fraction of sp³-hybridized carbons (Fsp3) is 0.278. The molecular weight excluding hydrogens is 276 g/mol. The number of hydrogen-bond acceptors (Lipinski definition) is 3. The highest BCUT2D eigenvalue weighted by Crippen LogP contribution is 2.24. The third-order valence-electron chi connectivity index (χ3n) is 3.56. The van der Waals surface area contributed by atoms with Crippen molar-refractivity contribution in [2.45, 2.75) is 36.1 Å². The first kappa shape index (κ1) is 14.2. The maximum absolute atomic E-state index is 8.80. The first-order chi connectivity index (χ1) is 10.3. The highest BCUT2D eigenvalue weighted by molar-refractivity contribution is 7.98. The summed E-state index contributed by atoms with van der Waals surface area (Å²) in [6.07, 6.45) is 2.65. The molecule has 1 aliphatic rings. The fourth-order valence-electron chi connectivity index (χ4n) is 2.14. The predicted octanol–water partition coefficient (Wildman–Crippen LogP) is 4.10. The molecule has 3 rings (SSSR count). The number of hydrogen-bond donors (Lipinski definition) is 1. The molecule has 0 radical (unpaired) electrons. The largest absolute Gasteiger partial charge is 0.310 e. The smallest absolute Gasteiger partial charge is 0.0991 e. The average molecular weight is 294 g/mol. The second kappa shape index (κ2) is 6.80. The van der Waals surface area contributed by atoms with E-state index in [0.717, 1.165) is 23.9 Å². The molecule has 21 heavy (non-hydrogen) atoms. The molecule has 2 nitrogen and oxygen atoms in total. The molecule has 0 saturated heterocycles. The number of nitrogens with zero attached hydrogens (tertiary/aromatic N) is 1. The van der Waals surface area contributed by atoms with Crippen LogP contribution in [-0.2, 0) is 12.3 Å². The highest BCUT2D eigenvalue weighted by Gasteiger charge is 2.19. The fourth-order valence-corrected chi connectivity index (χ4v) is 3.07. The Morgan fingerprint density at radius 1 is 1.10 bits per heavy atom. The first-order valence-electron chi connectivity index (χ1n) is 7.27. The summed E-state index contributed by atoms with van der Waals surface area (Å²) in [5.74, 6) is 0.936. The lowest BCUT2D eigenvalue weighted by atomic mass is 10.2. The van der Waals surface area contributed by atoms with Crippen molar-refractivity contribution in [1.82, 2.24) is 5.32 Å². The molecule has 0 heterocycles. The van der Waals surface area contributed by atoms with E-state index >= 15 is 0 Å². The number of rotatable bonds is 6. The van der Waals surface area contributed by atoms with E-state index in [-0.39, 0.29) is 0 Å². The minimum absolute atomic E-state index is 0.719. The van der Waals surface area contributed by atoms with Crippen LogP contribution in [0.3, 0.4) is 0 Å². The van der Waals surface area contributed by atoms with E-state index in [1.807, 2.05) is 36.0 Å². The summed E-state index contributed by atoms with van der Waals surface area (Å²) >= 11 is 1.84. The molecule has 1 saturated carbocycles. The van der Waals surface area contributed by atoms with Crippen molar-refractivity contribution in [1.29, 1.82) is 5.26 Å². The van der Waals surface area contributed by atoms with Crippen LogP contribution < -0.4 is 5.32 Å². The van der Waals surface area contributed by atoms with Crippen molar-refractivity contribution in [3.05, 3.63) is 65.2 Å². The Balaban J connectivity index is 1.56. The molecule has 0 unspecified atom stereocenters. The van der Waals surface area contributed by atoms with E-state index in [4.69, 9.17) is 5.26 Å². The second-order valence-corrected chi connectivity index (χ2v) is 6.45. The quantitative estimate of drug-likeness (QED) is 0.815. The Morgan fingerprint density at radius 2 is 1.90 bits per heavy atom. The zero-order valence-corrected chi connectivity index (χ0v) is 12.7. The van der Waals surface area contributed by atoms with Crippen molar-refractivity contribution in [2.24, 2.45) is 0 Å². The van der Waals surface area contributed by atoms with Crippen LogP contribution in [0.4, 0.5) is 0 Å². The van der Waals surface area contributed by atoms with E-state index in [0.29, 0.717) is 0 Å². The third-order valence-corrected chi connectivity index (χ3v) is 4.62. The van der Waals surface area contributed by atoms with Crippen molar-refractivity contribution in [3.63, 3.8) is 0 Å². The standard InChI is InChI=1S/C18H18N2S/c19-11-14-4-6-15(7-5-14)13-21-18-3-1-2-16(10-18)12-20-17-8-9-17/h1-7,10,17,20H,8-9,12-13H2. The van der Waals surface area contributed by atoms with Crippen molar-refractivity contribution in [2.75, 3.05) is 0 Å². The number of nitrogens with one attached hydrogen (secondary N) is 1. The van der Waals surface area contributed by atoms with E-state index in [1.165, 1.54) is 28.9 Å². The molecule has 0 spiro atoms. The van der Waals surface area contributed by atoms with Gasteiger partial charge in [0.25, 0.3) is 0 Å². The SMILES string of the molecule is N#Cc1ccc(CSc2cccc(CNC3CC3)c2)cc1. The molecule has 1 aliphatic carbocycles. The Bertz CT molecular complexity index is 639. The Morgan fingerprint density at radius 3 is 2.62 bits per heavy atom. The second-order valence-electron chi connectivity index (χ2n) is 5.40.